The lowest BCUT2D eigenvalue weighted by atomic mass is 10.0. The molecule has 1 atom stereocenters. The number of nitrogens with zero attached hydrogens (tertiary/aromatic N) is 3. The summed E-state index contributed by atoms with van der Waals surface area (Å²) >= 11 is 0. The van der Waals surface area contributed by atoms with Gasteiger partial charge < -0.3 is 9.73 Å². The van der Waals surface area contributed by atoms with Gasteiger partial charge in [0.05, 0.1) is 29.1 Å². The maximum atomic E-state index is 13.3. The van der Waals surface area contributed by atoms with Gasteiger partial charge in [-0.1, -0.05) is 18.2 Å². The summed E-state index contributed by atoms with van der Waals surface area (Å²) in [5.74, 6) is 0.775. The zero-order chi connectivity index (χ0) is 21.0. The molecule has 1 saturated heterocycles. The molecule has 6 heteroatoms. The molecule has 1 unspecified atom stereocenters. The molecular formula is C25H24N4O2. The second-order valence-electron chi connectivity index (χ2n) is 7.80. The van der Waals surface area contributed by atoms with Crippen molar-refractivity contribution >= 4 is 16.8 Å². The molecule has 5 rings (SSSR count). The molecule has 1 aromatic carbocycles. The number of hydrogen-bond donors (Lipinski definition) is 1. The van der Waals surface area contributed by atoms with Gasteiger partial charge in [0.15, 0.2) is 0 Å². The molecule has 1 fully saturated rings. The summed E-state index contributed by atoms with van der Waals surface area (Å²) in [4.78, 5) is 24.6. The maximum absolute atomic E-state index is 13.3. The molecule has 3 aromatic heterocycles. The predicted octanol–water partition coefficient (Wildman–Crippen LogP) is 4.46. The molecule has 4 aromatic rings. The van der Waals surface area contributed by atoms with E-state index in [2.05, 4.69) is 15.2 Å². The van der Waals surface area contributed by atoms with Crippen LogP contribution in [0.4, 0.5) is 0 Å². The van der Waals surface area contributed by atoms with Gasteiger partial charge in [0.25, 0.3) is 5.91 Å². The minimum Gasteiger partial charge on any atom is -0.468 e. The Morgan fingerprint density at radius 2 is 1.97 bits per heavy atom. The topological polar surface area (TPSA) is 71.3 Å². The lowest BCUT2D eigenvalue weighted by molar-refractivity contribution is 0.0935. The van der Waals surface area contributed by atoms with Crippen LogP contribution in [0.25, 0.3) is 22.2 Å². The average Bonchev–Trinajstić information content (AvgIpc) is 3.54. The third-order valence-corrected chi connectivity index (χ3v) is 5.83. The standard InChI is InChI=1S/C25H24N4O2/c30-25(27-17-23(24-10-6-14-31-24)29-12-3-4-13-29)20-15-22(18-7-5-11-26-16-18)28-21-9-2-1-8-19(20)21/h1-2,5-11,14-16,23H,3-4,12-13,17H2,(H,27,30). The monoisotopic (exact) mass is 412 g/mol. The van der Waals surface area contributed by atoms with Crippen LogP contribution in [-0.2, 0) is 0 Å². The molecule has 1 aliphatic rings. The van der Waals surface area contributed by atoms with Crippen molar-refractivity contribution in [3.8, 4) is 11.3 Å². The van der Waals surface area contributed by atoms with Gasteiger partial charge >= 0.3 is 0 Å². The lowest BCUT2D eigenvalue weighted by Gasteiger charge is -2.26. The SMILES string of the molecule is O=C(NCC(c1ccco1)N1CCCC1)c1cc(-c2cccnc2)nc2ccccc12. The Labute approximate surface area is 180 Å². The van der Waals surface area contributed by atoms with E-state index in [1.165, 1.54) is 12.8 Å². The van der Waals surface area contributed by atoms with Crippen LogP contribution in [0.5, 0.6) is 0 Å². The van der Waals surface area contributed by atoms with E-state index in [0.29, 0.717) is 12.1 Å². The number of aromatic nitrogens is 2. The summed E-state index contributed by atoms with van der Waals surface area (Å²) in [5, 5.41) is 3.99. The van der Waals surface area contributed by atoms with E-state index in [9.17, 15) is 4.79 Å². The quantitative estimate of drug-likeness (QED) is 0.506. The normalized spacial score (nSPS) is 15.2. The molecule has 1 N–H and O–H groups in total. The summed E-state index contributed by atoms with van der Waals surface area (Å²) in [6.45, 7) is 2.53. The fourth-order valence-electron chi connectivity index (χ4n) is 4.25. The van der Waals surface area contributed by atoms with Gasteiger partial charge in [-0.2, -0.15) is 0 Å². The molecule has 0 spiro atoms. The minimum atomic E-state index is -0.112. The number of likely N-dealkylation sites (tertiary alicyclic amines) is 1. The number of rotatable bonds is 6. The number of benzene rings is 1. The smallest absolute Gasteiger partial charge is 0.252 e. The van der Waals surface area contributed by atoms with Gasteiger partial charge in [-0.25, -0.2) is 4.98 Å². The number of fused-ring (bicyclic) bond motifs is 1. The van der Waals surface area contributed by atoms with Crippen molar-refractivity contribution in [1.82, 2.24) is 20.2 Å². The molecule has 0 bridgehead atoms. The highest BCUT2D eigenvalue weighted by Gasteiger charge is 2.26. The van der Waals surface area contributed by atoms with Crippen LogP contribution in [0, 0.1) is 0 Å². The third-order valence-electron chi connectivity index (χ3n) is 5.83. The first-order valence-electron chi connectivity index (χ1n) is 10.7. The van der Waals surface area contributed by atoms with Crippen LogP contribution < -0.4 is 5.32 Å². The molecule has 156 valence electrons. The highest BCUT2D eigenvalue weighted by atomic mass is 16.3. The van der Waals surface area contributed by atoms with E-state index in [1.807, 2.05) is 54.6 Å². The first kappa shape index (κ1) is 19.5. The van der Waals surface area contributed by atoms with Crippen LogP contribution >= 0.6 is 0 Å². The summed E-state index contributed by atoms with van der Waals surface area (Å²) in [5.41, 5.74) is 3.02. The lowest BCUT2D eigenvalue weighted by Crippen LogP contribution is -2.36. The fraction of sp³-hybridized carbons (Fsp3) is 0.240. The highest BCUT2D eigenvalue weighted by Crippen LogP contribution is 2.27. The van der Waals surface area contributed by atoms with Crippen molar-refractivity contribution in [3.63, 3.8) is 0 Å². The Morgan fingerprint density at radius 1 is 1.10 bits per heavy atom. The summed E-state index contributed by atoms with van der Waals surface area (Å²) in [6.07, 6.45) is 7.53. The highest BCUT2D eigenvalue weighted by molar-refractivity contribution is 6.07. The van der Waals surface area contributed by atoms with Crippen LogP contribution in [0.3, 0.4) is 0 Å². The number of furan rings is 1. The first-order valence-corrected chi connectivity index (χ1v) is 10.7. The molecule has 1 aliphatic heterocycles. The van der Waals surface area contributed by atoms with Crippen LogP contribution in [0.2, 0.25) is 0 Å². The van der Waals surface area contributed by atoms with Crippen LogP contribution in [0.1, 0.15) is 35.0 Å². The Hall–Kier alpha value is -3.51. The number of carbonyl (C=O) groups excluding carboxylic acids is 1. The van der Waals surface area contributed by atoms with Gasteiger partial charge in [0.1, 0.15) is 5.76 Å². The van der Waals surface area contributed by atoms with Gasteiger partial charge in [-0.05, 0) is 62.3 Å². The van der Waals surface area contributed by atoms with Crippen LogP contribution in [-0.4, -0.2) is 40.4 Å². The van der Waals surface area contributed by atoms with Gasteiger partial charge in [-0.3, -0.25) is 14.7 Å². The zero-order valence-corrected chi connectivity index (χ0v) is 17.2. The van der Waals surface area contributed by atoms with Gasteiger partial charge in [0.2, 0.25) is 0 Å². The predicted molar refractivity (Wildman–Crippen MR) is 120 cm³/mol. The number of hydrogen-bond acceptors (Lipinski definition) is 5. The Morgan fingerprint density at radius 3 is 2.74 bits per heavy atom. The molecule has 0 saturated carbocycles. The Kier molecular flexibility index (Phi) is 5.46. The Bertz CT molecular complexity index is 1170. The Balaban J connectivity index is 1.45. The molecular weight excluding hydrogens is 388 g/mol. The van der Waals surface area contributed by atoms with E-state index in [4.69, 9.17) is 9.40 Å². The van der Waals surface area contributed by atoms with E-state index in [0.717, 1.165) is 41.0 Å². The average molecular weight is 412 g/mol. The molecule has 31 heavy (non-hydrogen) atoms. The minimum absolute atomic E-state index is 0.0346. The third kappa shape index (κ3) is 4.07. The van der Waals surface area contributed by atoms with Crippen molar-refractivity contribution in [2.45, 2.75) is 18.9 Å². The summed E-state index contributed by atoms with van der Waals surface area (Å²) in [6, 6.07) is 17.3. The molecule has 6 nitrogen and oxygen atoms in total. The van der Waals surface area contributed by atoms with E-state index < -0.39 is 0 Å². The van der Waals surface area contributed by atoms with E-state index in [-0.39, 0.29) is 11.9 Å². The zero-order valence-electron chi connectivity index (χ0n) is 17.2. The molecule has 1 amide bonds. The fourth-order valence-corrected chi connectivity index (χ4v) is 4.25. The van der Waals surface area contributed by atoms with Crippen molar-refractivity contribution in [1.29, 1.82) is 0 Å². The second kappa shape index (κ2) is 8.70. The van der Waals surface area contributed by atoms with Gasteiger partial charge in [-0.15, -0.1) is 0 Å². The van der Waals surface area contributed by atoms with Crippen molar-refractivity contribution in [2.24, 2.45) is 0 Å². The molecule has 0 aliphatic carbocycles. The van der Waals surface area contributed by atoms with E-state index >= 15 is 0 Å². The number of pyridine rings is 2. The number of para-hydroxylation sites is 1. The maximum Gasteiger partial charge on any atom is 0.252 e. The molecule has 4 heterocycles. The second-order valence-corrected chi connectivity index (χ2v) is 7.80. The summed E-state index contributed by atoms with van der Waals surface area (Å²) in [7, 11) is 0. The van der Waals surface area contributed by atoms with E-state index in [1.54, 1.807) is 18.7 Å². The van der Waals surface area contributed by atoms with Crippen molar-refractivity contribution in [3.05, 3.63) is 84.6 Å². The number of amides is 1. The first-order chi connectivity index (χ1) is 15.3. The largest absolute Gasteiger partial charge is 0.468 e. The summed E-state index contributed by atoms with van der Waals surface area (Å²) < 4.78 is 5.68. The number of carbonyl (C=O) groups is 1. The molecule has 0 radical (unpaired) electrons. The van der Waals surface area contributed by atoms with Gasteiger partial charge in [0, 0.05) is 29.9 Å². The van der Waals surface area contributed by atoms with Crippen LogP contribution in [0.15, 0.2) is 77.7 Å². The van der Waals surface area contributed by atoms with Crippen molar-refractivity contribution < 1.29 is 9.21 Å². The number of nitrogens with one attached hydrogen (secondary N) is 1. The van der Waals surface area contributed by atoms with Crippen molar-refractivity contribution in [2.75, 3.05) is 19.6 Å².